The molecule has 7 heteroatoms. The van der Waals surface area contributed by atoms with E-state index in [0.29, 0.717) is 15.9 Å². The summed E-state index contributed by atoms with van der Waals surface area (Å²) in [6.45, 7) is 8.39. The van der Waals surface area contributed by atoms with Gasteiger partial charge in [0.05, 0.1) is 12.3 Å². The number of thiazole rings is 1. The molecule has 3 aromatic rings. The minimum absolute atomic E-state index is 0.258. The Kier molecular flexibility index (Phi) is 7.93. The summed E-state index contributed by atoms with van der Waals surface area (Å²) in [5.41, 5.74) is 3.60. The average Bonchev–Trinajstić information content (AvgIpc) is 3.21. The van der Waals surface area contributed by atoms with Crippen LogP contribution in [0.5, 0.6) is 11.5 Å². The smallest absolute Gasteiger partial charge is 0.266 e. The highest BCUT2D eigenvalue weighted by Gasteiger charge is 2.17. The summed E-state index contributed by atoms with van der Waals surface area (Å²) in [5.74, 6) is 1.20. The highest BCUT2D eigenvalue weighted by molar-refractivity contribution is 7.14. The zero-order chi connectivity index (χ0) is 22.4. The van der Waals surface area contributed by atoms with Crippen molar-refractivity contribution in [3.8, 4) is 22.8 Å². The third-order valence-corrected chi connectivity index (χ3v) is 6.10. The van der Waals surface area contributed by atoms with E-state index in [-0.39, 0.29) is 5.91 Å². The predicted molar refractivity (Wildman–Crippen MR) is 128 cm³/mol. The lowest BCUT2D eigenvalue weighted by atomic mass is 10.1. The van der Waals surface area contributed by atoms with Crippen molar-refractivity contribution in [1.29, 1.82) is 0 Å². The van der Waals surface area contributed by atoms with Gasteiger partial charge in [0.2, 0.25) is 0 Å². The highest BCUT2D eigenvalue weighted by atomic mass is 35.5. The van der Waals surface area contributed by atoms with Gasteiger partial charge in [-0.3, -0.25) is 10.1 Å². The van der Waals surface area contributed by atoms with Gasteiger partial charge in [0.25, 0.3) is 5.91 Å². The number of anilines is 1. The molecule has 0 spiro atoms. The first-order valence-corrected chi connectivity index (χ1v) is 11.6. The van der Waals surface area contributed by atoms with Crippen molar-refractivity contribution in [1.82, 2.24) is 4.98 Å². The molecule has 0 saturated carbocycles. The van der Waals surface area contributed by atoms with E-state index >= 15 is 0 Å². The molecular formula is C24H27ClN2O3S. The Balaban J connectivity index is 1.59. The number of hydrogen-bond acceptors (Lipinski definition) is 5. The van der Waals surface area contributed by atoms with E-state index < -0.39 is 6.10 Å². The van der Waals surface area contributed by atoms with Crippen molar-refractivity contribution >= 4 is 34.0 Å². The standard InChI is InChI=1S/C24H27ClN2O3S/c1-5-6-11-29-19-9-7-18(8-10-19)21-14-31-24(26-21)27-23(28)17(4)30-20-12-15(2)22(25)16(3)13-20/h7-10,12-14,17H,5-6,11H2,1-4H3,(H,26,27,28). The summed E-state index contributed by atoms with van der Waals surface area (Å²) in [7, 11) is 0. The van der Waals surface area contributed by atoms with Crippen LogP contribution in [0, 0.1) is 13.8 Å². The Labute approximate surface area is 192 Å². The van der Waals surface area contributed by atoms with E-state index in [1.165, 1.54) is 11.3 Å². The lowest BCUT2D eigenvalue weighted by molar-refractivity contribution is -0.122. The van der Waals surface area contributed by atoms with Crippen LogP contribution in [-0.2, 0) is 4.79 Å². The van der Waals surface area contributed by atoms with Crippen molar-refractivity contribution in [2.45, 2.75) is 46.6 Å². The number of ether oxygens (including phenoxy) is 2. The summed E-state index contributed by atoms with van der Waals surface area (Å²) in [5, 5.41) is 5.99. The number of halogens is 1. The van der Waals surface area contributed by atoms with Crippen molar-refractivity contribution in [3.05, 3.63) is 57.9 Å². The zero-order valence-electron chi connectivity index (χ0n) is 18.2. The quantitative estimate of drug-likeness (QED) is 0.364. The van der Waals surface area contributed by atoms with Crippen molar-refractivity contribution in [2.24, 2.45) is 0 Å². The van der Waals surface area contributed by atoms with Gasteiger partial charge < -0.3 is 9.47 Å². The summed E-state index contributed by atoms with van der Waals surface area (Å²) >= 11 is 7.57. The van der Waals surface area contributed by atoms with E-state index in [0.717, 1.165) is 47.6 Å². The van der Waals surface area contributed by atoms with Crippen LogP contribution in [0.1, 0.15) is 37.8 Å². The van der Waals surface area contributed by atoms with E-state index in [9.17, 15) is 4.79 Å². The summed E-state index contributed by atoms with van der Waals surface area (Å²) in [6.07, 6.45) is 1.47. The zero-order valence-corrected chi connectivity index (χ0v) is 19.8. The van der Waals surface area contributed by atoms with Gasteiger partial charge in [0.15, 0.2) is 11.2 Å². The van der Waals surface area contributed by atoms with Gasteiger partial charge in [-0.1, -0.05) is 24.9 Å². The Hall–Kier alpha value is -2.57. The lowest BCUT2D eigenvalue weighted by Gasteiger charge is -2.15. The van der Waals surface area contributed by atoms with E-state index in [1.54, 1.807) is 6.92 Å². The maximum atomic E-state index is 12.6. The normalized spacial score (nSPS) is 11.8. The first-order valence-electron chi connectivity index (χ1n) is 10.3. The summed E-state index contributed by atoms with van der Waals surface area (Å²) in [6, 6.07) is 11.5. The highest BCUT2D eigenvalue weighted by Crippen LogP contribution is 2.28. The number of hydrogen-bond donors (Lipinski definition) is 1. The molecule has 1 N–H and O–H groups in total. The third-order valence-electron chi connectivity index (χ3n) is 4.74. The molecule has 1 amide bonds. The molecule has 0 aliphatic heterocycles. The number of rotatable bonds is 9. The largest absolute Gasteiger partial charge is 0.494 e. The van der Waals surface area contributed by atoms with Gasteiger partial charge >= 0.3 is 0 Å². The van der Waals surface area contributed by atoms with Crippen LogP contribution in [0.25, 0.3) is 11.3 Å². The van der Waals surface area contributed by atoms with Gasteiger partial charge in [0.1, 0.15) is 11.5 Å². The Morgan fingerprint density at radius 2 is 1.84 bits per heavy atom. The van der Waals surface area contributed by atoms with Gasteiger partial charge in [-0.15, -0.1) is 11.3 Å². The first kappa shape index (κ1) is 23.1. The molecule has 0 saturated heterocycles. The molecule has 0 aliphatic carbocycles. The SMILES string of the molecule is CCCCOc1ccc(-c2csc(NC(=O)C(C)Oc3cc(C)c(Cl)c(C)c3)n2)cc1. The second kappa shape index (κ2) is 10.6. The van der Waals surface area contributed by atoms with Crippen LogP contribution in [-0.4, -0.2) is 23.6 Å². The molecule has 2 aromatic carbocycles. The molecule has 1 atom stereocenters. The first-order chi connectivity index (χ1) is 14.9. The minimum atomic E-state index is -0.674. The number of nitrogens with one attached hydrogen (secondary N) is 1. The fourth-order valence-corrected chi connectivity index (χ4v) is 3.79. The fraction of sp³-hybridized carbons (Fsp3) is 0.333. The van der Waals surface area contributed by atoms with Crippen LogP contribution in [0.3, 0.4) is 0 Å². The lowest BCUT2D eigenvalue weighted by Crippen LogP contribution is -2.30. The van der Waals surface area contributed by atoms with Gasteiger partial charge in [-0.25, -0.2) is 4.98 Å². The summed E-state index contributed by atoms with van der Waals surface area (Å²) in [4.78, 5) is 17.1. The number of carbonyl (C=O) groups excluding carboxylic acids is 1. The van der Waals surface area contributed by atoms with Crippen LogP contribution in [0.2, 0.25) is 5.02 Å². The van der Waals surface area contributed by atoms with Gasteiger partial charge in [-0.05, 0) is 74.7 Å². The molecule has 0 aliphatic rings. The number of nitrogens with zero attached hydrogens (tertiary/aromatic N) is 1. The molecule has 1 heterocycles. The topological polar surface area (TPSA) is 60.5 Å². The van der Waals surface area contributed by atoms with Crippen molar-refractivity contribution in [2.75, 3.05) is 11.9 Å². The Morgan fingerprint density at radius 3 is 2.48 bits per heavy atom. The Morgan fingerprint density at radius 1 is 1.16 bits per heavy atom. The molecule has 0 fully saturated rings. The second-order valence-corrected chi connectivity index (χ2v) is 8.62. The summed E-state index contributed by atoms with van der Waals surface area (Å²) < 4.78 is 11.5. The molecule has 0 radical (unpaired) electrons. The Bertz CT molecular complexity index is 1010. The van der Waals surface area contributed by atoms with Gasteiger partial charge in [-0.2, -0.15) is 0 Å². The molecule has 0 bridgehead atoms. The fourth-order valence-electron chi connectivity index (χ4n) is 2.96. The van der Waals surface area contributed by atoms with Crippen LogP contribution in [0.15, 0.2) is 41.8 Å². The predicted octanol–water partition coefficient (Wildman–Crippen LogP) is 6.67. The second-order valence-electron chi connectivity index (χ2n) is 7.38. The van der Waals surface area contributed by atoms with Crippen molar-refractivity contribution in [3.63, 3.8) is 0 Å². The number of carbonyl (C=O) groups is 1. The maximum absolute atomic E-state index is 12.6. The molecule has 1 unspecified atom stereocenters. The van der Waals surface area contributed by atoms with Gasteiger partial charge in [0, 0.05) is 16.0 Å². The number of unbranched alkanes of at least 4 members (excludes halogenated alkanes) is 1. The molecule has 5 nitrogen and oxygen atoms in total. The number of aryl methyl sites for hydroxylation is 2. The van der Waals surface area contributed by atoms with E-state index in [4.69, 9.17) is 21.1 Å². The number of benzene rings is 2. The molecule has 31 heavy (non-hydrogen) atoms. The van der Waals surface area contributed by atoms with E-state index in [2.05, 4.69) is 17.2 Å². The third kappa shape index (κ3) is 6.21. The number of amides is 1. The van der Waals surface area contributed by atoms with Crippen LogP contribution >= 0.6 is 22.9 Å². The van der Waals surface area contributed by atoms with Crippen molar-refractivity contribution < 1.29 is 14.3 Å². The maximum Gasteiger partial charge on any atom is 0.266 e. The van der Waals surface area contributed by atoms with Crippen LogP contribution in [0.4, 0.5) is 5.13 Å². The van der Waals surface area contributed by atoms with E-state index in [1.807, 2.05) is 55.6 Å². The molecular weight excluding hydrogens is 432 g/mol. The van der Waals surface area contributed by atoms with Crippen LogP contribution < -0.4 is 14.8 Å². The molecule has 1 aromatic heterocycles. The number of aromatic nitrogens is 1. The monoisotopic (exact) mass is 458 g/mol. The molecule has 164 valence electrons. The molecule has 3 rings (SSSR count). The average molecular weight is 459 g/mol. The minimum Gasteiger partial charge on any atom is -0.494 e.